The van der Waals surface area contributed by atoms with Gasteiger partial charge in [0.05, 0.1) is 10.0 Å². The lowest BCUT2D eigenvalue weighted by molar-refractivity contribution is 0.0570. The second-order valence-electron chi connectivity index (χ2n) is 10.2. The van der Waals surface area contributed by atoms with Crippen LogP contribution < -0.4 is 10.0 Å². The normalized spacial score (nSPS) is 19.5. The van der Waals surface area contributed by atoms with Gasteiger partial charge in [0, 0.05) is 53.2 Å². The molecule has 2 aromatic rings. The number of nitrogens with one attached hydrogen (secondary N) is 2. The van der Waals surface area contributed by atoms with Crippen molar-refractivity contribution in [2.24, 2.45) is 0 Å². The predicted octanol–water partition coefficient (Wildman–Crippen LogP) is 3.93. The van der Waals surface area contributed by atoms with E-state index in [0.717, 1.165) is 49.9 Å². The molecule has 3 heterocycles. The number of likely N-dealkylation sites (tertiary alicyclic amines) is 2. The quantitative estimate of drug-likeness (QED) is 0.493. The highest BCUT2D eigenvalue weighted by molar-refractivity contribution is 7.97. The maximum Gasteiger partial charge on any atom is 0.272 e. The molecule has 2 saturated heterocycles. The SMILES string of the molecule is C=S(C)(=O)NC1CCN(C2CCN(C(=O)c3nc(C)nc(NCc4ccc(Cl)c(Cl)c4)c3C)CC2)CC1. The number of piperidine rings is 2. The van der Waals surface area contributed by atoms with Crippen molar-refractivity contribution in [3.05, 3.63) is 50.9 Å². The molecule has 2 aliphatic heterocycles. The molecular formula is C26H36Cl2N6O2S. The van der Waals surface area contributed by atoms with Crippen molar-refractivity contribution in [1.29, 1.82) is 0 Å². The van der Waals surface area contributed by atoms with Crippen LogP contribution in [0, 0.1) is 13.8 Å². The Morgan fingerprint density at radius 2 is 1.76 bits per heavy atom. The predicted molar refractivity (Wildman–Crippen MR) is 153 cm³/mol. The van der Waals surface area contributed by atoms with E-state index >= 15 is 0 Å². The monoisotopic (exact) mass is 566 g/mol. The zero-order valence-electron chi connectivity index (χ0n) is 21.7. The molecule has 2 N–H and O–H groups in total. The van der Waals surface area contributed by atoms with Crippen LogP contribution in [0.1, 0.15) is 53.1 Å². The summed E-state index contributed by atoms with van der Waals surface area (Å²) in [6.07, 6.45) is 5.47. The van der Waals surface area contributed by atoms with Crippen LogP contribution in [-0.4, -0.2) is 80.3 Å². The molecule has 11 heteroatoms. The summed E-state index contributed by atoms with van der Waals surface area (Å²) in [5, 5.41) is 4.34. The van der Waals surface area contributed by atoms with Gasteiger partial charge in [-0.1, -0.05) is 29.3 Å². The highest BCUT2D eigenvalue weighted by Crippen LogP contribution is 2.26. The number of amides is 1. The van der Waals surface area contributed by atoms with Crippen LogP contribution in [0.15, 0.2) is 18.2 Å². The Kier molecular flexibility index (Phi) is 9.01. The van der Waals surface area contributed by atoms with Crippen molar-refractivity contribution >= 4 is 50.5 Å². The van der Waals surface area contributed by atoms with Crippen molar-refractivity contribution in [3.63, 3.8) is 0 Å². The molecular weight excluding hydrogens is 531 g/mol. The van der Waals surface area contributed by atoms with Crippen LogP contribution in [0.5, 0.6) is 0 Å². The molecule has 0 aliphatic carbocycles. The fourth-order valence-electron chi connectivity index (χ4n) is 5.16. The fraction of sp³-hybridized carbons (Fsp3) is 0.538. The first kappa shape index (κ1) is 28.1. The number of carbonyl (C=O) groups excluding carboxylic acids is 1. The summed E-state index contributed by atoms with van der Waals surface area (Å²) in [6.45, 7) is 7.55. The molecule has 1 aromatic heterocycles. The van der Waals surface area contributed by atoms with E-state index in [2.05, 4.69) is 30.8 Å². The maximum absolute atomic E-state index is 13.5. The number of aryl methyl sites for hydroxylation is 1. The lowest BCUT2D eigenvalue weighted by Crippen LogP contribution is -2.51. The lowest BCUT2D eigenvalue weighted by atomic mass is 9.98. The van der Waals surface area contributed by atoms with Gasteiger partial charge in [0.2, 0.25) is 0 Å². The van der Waals surface area contributed by atoms with E-state index in [0.29, 0.717) is 53.1 Å². The highest BCUT2D eigenvalue weighted by atomic mass is 35.5. The molecule has 0 bridgehead atoms. The zero-order chi connectivity index (χ0) is 26.7. The number of nitrogens with zero attached hydrogens (tertiary/aromatic N) is 4. The van der Waals surface area contributed by atoms with E-state index in [1.54, 1.807) is 19.2 Å². The van der Waals surface area contributed by atoms with Gasteiger partial charge in [-0.25, -0.2) is 14.7 Å². The van der Waals surface area contributed by atoms with Gasteiger partial charge in [0.1, 0.15) is 17.3 Å². The van der Waals surface area contributed by atoms with Gasteiger partial charge < -0.3 is 15.1 Å². The topological polar surface area (TPSA) is 90.5 Å². The van der Waals surface area contributed by atoms with Crippen LogP contribution in [0.25, 0.3) is 0 Å². The average Bonchev–Trinajstić information content (AvgIpc) is 2.85. The van der Waals surface area contributed by atoms with E-state index < -0.39 is 9.71 Å². The molecule has 0 spiro atoms. The number of benzene rings is 1. The third kappa shape index (κ3) is 7.35. The Hall–Kier alpha value is -1.91. The Morgan fingerprint density at radius 1 is 1.08 bits per heavy atom. The van der Waals surface area contributed by atoms with Crippen LogP contribution in [0.3, 0.4) is 0 Å². The molecule has 37 heavy (non-hydrogen) atoms. The maximum atomic E-state index is 13.5. The molecule has 2 aliphatic rings. The lowest BCUT2D eigenvalue weighted by Gasteiger charge is -2.42. The second kappa shape index (κ2) is 11.9. The summed E-state index contributed by atoms with van der Waals surface area (Å²) < 4.78 is 15.1. The molecule has 0 radical (unpaired) electrons. The number of anilines is 1. The van der Waals surface area contributed by atoms with Crippen molar-refractivity contribution in [2.45, 2.75) is 58.2 Å². The summed E-state index contributed by atoms with van der Waals surface area (Å²) in [6, 6.07) is 6.22. The van der Waals surface area contributed by atoms with E-state index in [4.69, 9.17) is 23.2 Å². The van der Waals surface area contributed by atoms with Crippen LogP contribution in [0.2, 0.25) is 10.0 Å². The van der Waals surface area contributed by atoms with E-state index in [-0.39, 0.29) is 11.9 Å². The smallest absolute Gasteiger partial charge is 0.272 e. The van der Waals surface area contributed by atoms with Gasteiger partial charge in [0.15, 0.2) is 0 Å². The van der Waals surface area contributed by atoms with Crippen LogP contribution >= 0.6 is 23.2 Å². The van der Waals surface area contributed by atoms with Crippen LogP contribution in [0.4, 0.5) is 5.82 Å². The van der Waals surface area contributed by atoms with Gasteiger partial charge >= 0.3 is 0 Å². The van der Waals surface area contributed by atoms with Gasteiger partial charge in [-0.2, -0.15) is 0 Å². The molecule has 8 nitrogen and oxygen atoms in total. The van der Waals surface area contributed by atoms with E-state index in [1.165, 1.54) is 0 Å². The van der Waals surface area contributed by atoms with Crippen LogP contribution in [-0.2, 0) is 16.3 Å². The molecule has 202 valence electrons. The minimum Gasteiger partial charge on any atom is -0.366 e. The molecule has 1 unspecified atom stereocenters. The Morgan fingerprint density at radius 3 is 2.38 bits per heavy atom. The highest BCUT2D eigenvalue weighted by Gasteiger charge is 2.31. The molecule has 0 saturated carbocycles. The zero-order valence-corrected chi connectivity index (χ0v) is 24.1. The Balaban J connectivity index is 1.34. The Labute approximate surface area is 230 Å². The van der Waals surface area contributed by atoms with E-state index in [9.17, 15) is 9.00 Å². The number of rotatable bonds is 7. The summed E-state index contributed by atoms with van der Waals surface area (Å²) in [7, 11) is -2.18. The molecule has 2 fully saturated rings. The summed E-state index contributed by atoms with van der Waals surface area (Å²) in [5.74, 6) is 4.86. The Bertz CT molecular complexity index is 1240. The van der Waals surface area contributed by atoms with Crippen molar-refractivity contribution in [2.75, 3.05) is 37.8 Å². The van der Waals surface area contributed by atoms with Gasteiger partial charge in [-0.05, 0) is 76.2 Å². The minimum atomic E-state index is -2.18. The van der Waals surface area contributed by atoms with Gasteiger partial charge in [0.25, 0.3) is 5.91 Å². The third-order valence-corrected chi connectivity index (χ3v) is 8.69. The largest absolute Gasteiger partial charge is 0.366 e. The summed E-state index contributed by atoms with van der Waals surface area (Å²) >= 11 is 12.2. The molecule has 4 rings (SSSR count). The first-order valence-corrected chi connectivity index (χ1v) is 15.5. The van der Waals surface area contributed by atoms with Crippen molar-refractivity contribution < 1.29 is 9.00 Å². The minimum absolute atomic E-state index is 0.0462. The van der Waals surface area contributed by atoms with Crippen molar-refractivity contribution in [3.8, 4) is 0 Å². The third-order valence-electron chi connectivity index (χ3n) is 7.12. The number of aromatic nitrogens is 2. The number of hydrogen-bond donors (Lipinski definition) is 2. The first-order chi connectivity index (χ1) is 17.5. The number of carbonyl (C=O) groups is 1. The number of halogens is 2. The average molecular weight is 568 g/mol. The summed E-state index contributed by atoms with van der Waals surface area (Å²) in [5.41, 5.74) is 2.16. The fourth-order valence-corrected chi connectivity index (χ4v) is 6.42. The standard InChI is InChI=1S/C26H36Cl2N6O2S/c1-17-24(30-18(2)31-25(17)29-16-19-5-6-22(27)23(28)15-19)26(35)34-13-9-21(10-14-34)33-11-7-20(8-12-33)32-37(3,4)36/h5-6,15,20-21H,3,7-14,16H2,1-2,4H3,(H,32,36)(H,29,30,31). The van der Waals surface area contributed by atoms with E-state index in [1.807, 2.05) is 24.0 Å². The molecule has 1 atom stereocenters. The summed E-state index contributed by atoms with van der Waals surface area (Å²) in [4.78, 5) is 26.9. The molecule has 1 amide bonds. The van der Waals surface area contributed by atoms with Gasteiger partial charge in [-0.3, -0.25) is 9.00 Å². The first-order valence-electron chi connectivity index (χ1n) is 12.7. The number of hydrogen-bond acceptors (Lipinski definition) is 6. The van der Waals surface area contributed by atoms with Gasteiger partial charge in [-0.15, -0.1) is 0 Å². The van der Waals surface area contributed by atoms with Crippen molar-refractivity contribution in [1.82, 2.24) is 24.5 Å². The second-order valence-corrected chi connectivity index (χ2v) is 13.2. The molecule has 1 aromatic carbocycles.